The lowest BCUT2D eigenvalue weighted by Gasteiger charge is -2.27. The highest BCUT2D eigenvalue weighted by molar-refractivity contribution is 8.15. The van der Waals surface area contributed by atoms with Crippen LogP contribution in [0.1, 0.15) is 27.7 Å². The fourth-order valence-electron chi connectivity index (χ4n) is 1.67. The predicted molar refractivity (Wildman–Crippen MR) is 72.4 cm³/mol. The average molecular weight is 258 g/mol. The molecule has 0 spiro atoms. The first-order chi connectivity index (χ1) is 7.77. The molecule has 1 rings (SSSR count). The van der Waals surface area contributed by atoms with Crippen LogP contribution < -0.4 is 0 Å². The summed E-state index contributed by atoms with van der Waals surface area (Å²) in [6, 6.07) is -0.0241. The van der Waals surface area contributed by atoms with Gasteiger partial charge in [0, 0.05) is 14.1 Å². The Labute approximate surface area is 108 Å². The number of nitrogens with zero attached hydrogens (tertiary/aromatic N) is 2. The summed E-state index contributed by atoms with van der Waals surface area (Å²) in [5.74, 6) is -0.155. The number of carbonyl (C=O) groups excluding carboxylic acids is 1. The maximum Gasteiger partial charge on any atom is 0.321 e. The zero-order valence-corrected chi connectivity index (χ0v) is 12.3. The Bertz CT molecular complexity index is 321. The second-order valence-electron chi connectivity index (χ2n) is 5.41. The molecule has 0 aromatic rings. The van der Waals surface area contributed by atoms with Crippen molar-refractivity contribution in [1.29, 1.82) is 0 Å². The van der Waals surface area contributed by atoms with E-state index in [1.165, 1.54) is 11.8 Å². The molecule has 0 N–H and O–H groups in total. The molecule has 1 aliphatic heterocycles. The van der Waals surface area contributed by atoms with Gasteiger partial charge < -0.3 is 9.64 Å². The van der Waals surface area contributed by atoms with E-state index in [0.29, 0.717) is 6.61 Å². The lowest BCUT2D eigenvalue weighted by molar-refractivity contribution is -0.143. The largest absolute Gasteiger partial charge is 0.465 e. The summed E-state index contributed by atoms with van der Waals surface area (Å²) in [5.41, 5.74) is -0.0395. The topological polar surface area (TPSA) is 41.9 Å². The first-order valence-corrected chi connectivity index (χ1v) is 6.73. The SMILES string of the molecule is CCOC(=O)[C@H]1SC(N(C)C)=N[C@@H]1C(C)(C)C. The zero-order chi connectivity index (χ0) is 13.2. The van der Waals surface area contributed by atoms with Crippen LogP contribution in [0.15, 0.2) is 4.99 Å². The van der Waals surface area contributed by atoms with Crippen molar-refractivity contribution in [3.05, 3.63) is 0 Å². The maximum atomic E-state index is 11.9. The van der Waals surface area contributed by atoms with E-state index in [2.05, 4.69) is 25.8 Å². The van der Waals surface area contributed by atoms with Crippen LogP contribution in [0.25, 0.3) is 0 Å². The molecular formula is C12H22N2O2S. The summed E-state index contributed by atoms with van der Waals surface area (Å²) in [7, 11) is 3.89. The number of thioether (sulfide) groups is 1. The predicted octanol–water partition coefficient (Wildman–Crippen LogP) is 2.00. The van der Waals surface area contributed by atoms with Gasteiger partial charge in [-0.05, 0) is 12.3 Å². The molecule has 2 atom stereocenters. The summed E-state index contributed by atoms with van der Waals surface area (Å²) in [4.78, 5) is 18.5. The van der Waals surface area contributed by atoms with Gasteiger partial charge >= 0.3 is 5.97 Å². The summed E-state index contributed by atoms with van der Waals surface area (Å²) in [5, 5.41) is 0.690. The third kappa shape index (κ3) is 3.37. The molecule has 98 valence electrons. The average Bonchev–Trinajstić information content (AvgIpc) is 2.61. The molecule has 0 saturated carbocycles. The molecule has 0 amide bonds. The molecule has 0 aliphatic carbocycles. The highest BCUT2D eigenvalue weighted by atomic mass is 32.2. The fourth-order valence-corrected chi connectivity index (χ4v) is 3.04. The van der Waals surface area contributed by atoms with Crippen molar-refractivity contribution in [1.82, 2.24) is 4.90 Å². The molecule has 0 saturated heterocycles. The number of hydrogen-bond acceptors (Lipinski definition) is 5. The minimum atomic E-state index is -0.215. The Morgan fingerprint density at radius 2 is 2.06 bits per heavy atom. The summed E-state index contributed by atoms with van der Waals surface area (Å²) >= 11 is 1.50. The van der Waals surface area contributed by atoms with Crippen LogP contribution in [0.3, 0.4) is 0 Å². The molecule has 1 aliphatic rings. The number of amidine groups is 1. The van der Waals surface area contributed by atoms with Crippen LogP contribution in [-0.2, 0) is 9.53 Å². The number of esters is 1. The van der Waals surface area contributed by atoms with E-state index in [9.17, 15) is 4.79 Å². The molecule has 0 bridgehead atoms. The molecule has 0 aromatic heterocycles. The number of aliphatic imine (C=N–C) groups is 1. The smallest absolute Gasteiger partial charge is 0.321 e. The normalized spacial score (nSPS) is 24.5. The van der Waals surface area contributed by atoms with E-state index in [1.54, 1.807) is 0 Å². The monoisotopic (exact) mass is 258 g/mol. The van der Waals surface area contributed by atoms with Crippen molar-refractivity contribution >= 4 is 22.9 Å². The van der Waals surface area contributed by atoms with Gasteiger partial charge in [-0.25, -0.2) is 0 Å². The summed E-state index contributed by atoms with van der Waals surface area (Å²) in [6.07, 6.45) is 0. The summed E-state index contributed by atoms with van der Waals surface area (Å²) < 4.78 is 5.13. The molecule has 0 fully saturated rings. The van der Waals surface area contributed by atoms with Gasteiger partial charge in [0.2, 0.25) is 0 Å². The molecule has 0 unspecified atom stereocenters. The Morgan fingerprint density at radius 3 is 2.47 bits per heavy atom. The summed E-state index contributed by atoms with van der Waals surface area (Å²) in [6.45, 7) is 8.56. The van der Waals surface area contributed by atoms with Crippen LogP contribution >= 0.6 is 11.8 Å². The molecule has 0 aromatic carbocycles. The highest BCUT2D eigenvalue weighted by Crippen LogP contribution is 2.38. The number of rotatable bonds is 2. The Balaban J connectivity index is 2.89. The zero-order valence-electron chi connectivity index (χ0n) is 11.5. The molecule has 0 radical (unpaired) electrons. The Morgan fingerprint density at radius 1 is 1.47 bits per heavy atom. The minimum Gasteiger partial charge on any atom is -0.465 e. The third-order valence-corrected chi connectivity index (χ3v) is 3.94. The number of hydrogen-bond donors (Lipinski definition) is 0. The van der Waals surface area contributed by atoms with Crippen molar-refractivity contribution in [3.8, 4) is 0 Å². The van der Waals surface area contributed by atoms with E-state index >= 15 is 0 Å². The molecule has 17 heavy (non-hydrogen) atoms. The quantitative estimate of drug-likeness (QED) is 0.710. The van der Waals surface area contributed by atoms with Gasteiger partial charge in [-0.2, -0.15) is 0 Å². The Kier molecular flexibility index (Phi) is 4.47. The molecule has 4 nitrogen and oxygen atoms in total. The van der Waals surface area contributed by atoms with Gasteiger partial charge in [0.1, 0.15) is 5.25 Å². The number of ether oxygens (including phenoxy) is 1. The van der Waals surface area contributed by atoms with Crippen LogP contribution in [-0.4, -0.2) is 48.0 Å². The van der Waals surface area contributed by atoms with Gasteiger partial charge in [0.25, 0.3) is 0 Å². The molecule has 1 heterocycles. The maximum absolute atomic E-state index is 11.9. The van der Waals surface area contributed by atoms with E-state index in [-0.39, 0.29) is 22.7 Å². The first kappa shape index (κ1) is 14.4. The van der Waals surface area contributed by atoms with Crippen molar-refractivity contribution in [2.24, 2.45) is 10.4 Å². The first-order valence-electron chi connectivity index (χ1n) is 5.85. The highest BCUT2D eigenvalue weighted by Gasteiger charge is 2.43. The van der Waals surface area contributed by atoms with E-state index < -0.39 is 0 Å². The van der Waals surface area contributed by atoms with Crippen LogP contribution in [0.2, 0.25) is 0 Å². The van der Waals surface area contributed by atoms with E-state index in [4.69, 9.17) is 4.74 Å². The second-order valence-corrected chi connectivity index (χ2v) is 6.52. The van der Waals surface area contributed by atoms with Gasteiger partial charge in [0.05, 0.1) is 12.6 Å². The minimum absolute atomic E-state index is 0.0241. The second kappa shape index (κ2) is 5.29. The number of carbonyl (C=O) groups is 1. The lowest BCUT2D eigenvalue weighted by Crippen LogP contribution is -2.37. The third-order valence-electron chi connectivity index (χ3n) is 2.56. The van der Waals surface area contributed by atoms with E-state index in [1.807, 2.05) is 25.9 Å². The van der Waals surface area contributed by atoms with Crippen molar-refractivity contribution < 1.29 is 9.53 Å². The van der Waals surface area contributed by atoms with Gasteiger partial charge in [-0.1, -0.05) is 32.5 Å². The fraction of sp³-hybridized carbons (Fsp3) is 0.833. The molecule has 5 heteroatoms. The van der Waals surface area contributed by atoms with Crippen LogP contribution in [0.4, 0.5) is 0 Å². The molecular weight excluding hydrogens is 236 g/mol. The standard InChI is InChI=1S/C12H22N2O2S/c1-7-16-10(15)8-9(12(2,3)4)13-11(17-8)14(5)6/h8-9H,7H2,1-6H3/t8-,9-/m0/s1. The van der Waals surface area contributed by atoms with Gasteiger partial charge in [0.15, 0.2) is 5.17 Å². The lowest BCUT2D eigenvalue weighted by atomic mass is 9.85. The van der Waals surface area contributed by atoms with Crippen LogP contribution in [0.5, 0.6) is 0 Å². The van der Waals surface area contributed by atoms with E-state index in [0.717, 1.165) is 5.17 Å². The van der Waals surface area contributed by atoms with Crippen molar-refractivity contribution in [2.75, 3.05) is 20.7 Å². The van der Waals surface area contributed by atoms with Crippen molar-refractivity contribution in [3.63, 3.8) is 0 Å². The van der Waals surface area contributed by atoms with Crippen molar-refractivity contribution in [2.45, 2.75) is 39.0 Å². The Hall–Kier alpha value is -0.710. The van der Waals surface area contributed by atoms with Gasteiger partial charge in [-0.15, -0.1) is 0 Å². The van der Waals surface area contributed by atoms with Crippen LogP contribution in [0, 0.1) is 5.41 Å². The van der Waals surface area contributed by atoms with Gasteiger partial charge in [-0.3, -0.25) is 9.79 Å².